The molecule has 0 radical (unpaired) electrons. The molecule has 258 valence electrons. The summed E-state index contributed by atoms with van der Waals surface area (Å²) in [6.45, 7) is 0. The van der Waals surface area contributed by atoms with Crippen LogP contribution in [0.4, 0.5) is 0 Å². The largest absolute Gasteiger partial charge is 0.456 e. The van der Waals surface area contributed by atoms with Crippen LogP contribution in [0.2, 0.25) is 0 Å². The van der Waals surface area contributed by atoms with Crippen LogP contribution in [0.1, 0.15) is 17.9 Å². The molecule has 1 unspecified atom stereocenters. The summed E-state index contributed by atoms with van der Waals surface area (Å²) < 4.78 is 6.56. The van der Waals surface area contributed by atoms with Gasteiger partial charge in [-0.2, -0.15) is 0 Å². The van der Waals surface area contributed by atoms with Gasteiger partial charge in [0.1, 0.15) is 11.2 Å². The maximum Gasteiger partial charge on any atom is 0.164 e. The Labute approximate surface area is 317 Å². The van der Waals surface area contributed by atoms with E-state index in [0.29, 0.717) is 23.4 Å². The van der Waals surface area contributed by atoms with Crippen molar-refractivity contribution in [3.8, 4) is 45.3 Å². The van der Waals surface area contributed by atoms with E-state index in [2.05, 4.69) is 170 Å². The summed E-state index contributed by atoms with van der Waals surface area (Å²) in [6, 6.07) is 55.7. The van der Waals surface area contributed by atoms with Crippen LogP contribution in [0.15, 0.2) is 186 Å². The van der Waals surface area contributed by atoms with E-state index in [1.54, 1.807) is 0 Å². The van der Waals surface area contributed by atoms with Crippen molar-refractivity contribution >= 4 is 54.3 Å². The maximum atomic E-state index is 6.56. The Balaban J connectivity index is 1.13. The summed E-state index contributed by atoms with van der Waals surface area (Å²) in [7, 11) is 0. The van der Waals surface area contributed by atoms with Gasteiger partial charge in [-0.3, -0.25) is 0 Å². The van der Waals surface area contributed by atoms with Crippen LogP contribution >= 0.6 is 0 Å². The predicted molar refractivity (Wildman–Crippen MR) is 227 cm³/mol. The Hall–Kier alpha value is -7.17. The fraction of sp³-hybridized carbons (Fsp3) is 0.0392. The lowest BCUT2D eigenvalue weighted by Gasteiger charge is -2.15. The minimum Gasteiger partial charge on any atom is -0.456 e. The molecule has 2 aromatic heterocycles. The zero-order valence-electron chi connectivity index (χ0n) is 29.9. The molecule has 1 atom stereocenters. The van der Waals surface area contributed by atoms with Crippen molar-refractivity contribution in [1.29, 1.82) is 0 Å². The second-order valence-corrected chi connectivity index (χ2v) is 14.4. The first-order valence-electron chi connectivity index (χ1n) is 18.8. The number of benzene rings is 8. The fourth-order valence-electron chi connectivity index (χ4n) is 8.11. The highest BCUT2D eigenvalue weighted by atomic mass is 16.3. The Morgan fingerprint density at radius 1 is 0.436 bits per heavy atom. The number of furan rings is 1. The highest BCUT2D eigenvalue weighted by Crippen LogP contribution is 2.41. The van der Waals surface area contributed by atoms with Gasteiger partial charge in [0.05, 0.1) is 0 Å². The smallest absolute Gasteiger partial charge is 0.164 e. The highest BCUT2D eigenvalue weighted by Gasteiger charge is 2.20. The minimum atomic E-state index is 0.394. The molecule has 55 heavy (non-hydrogen) atoms. The molecule has 0 N–H and O–H groups in total. The van der Waals surface area contributed by atoms with Crippen molar-refractivity contribution in [3.05, 3.63) is 188 Å². The maximum absolute atomic E-state index is 6.56. The van der Waals surface area contributed by atoms with Crippen molar-refractivity contribution in [1.82, 2.24) is 15.0 Å². The zero-order valence-corrected chi connectivity index (χ0v) is 29.9. The van der Waals surface area contributed by atoms with Crippen molar-refractivity contribution < 1.29 is 4.42 Å². The Morgan fingerprint density at radius 2 is 1.02 bits per heavy atom. The summed E-state index contributed by atoms with van der Waals surface area (Å²) in [5.41, 5.74) is 7.84. The molecule has 4 nitrogen and oxygen atoms in total. The van der Waals surface area contributed by atoms with Gasteiger partial charge in [-0.05, 0) is 91.8 Å². The lowest BCUT2D eigenvalue weighted by Crippen LogP contribution is -2.01. The normalized spacial score (nSPS) is 14.1. The molecule has 0 fully saturated rings. The molecule has 11 rings (SSSR count). The van der Waals surface area contributed by atoms with Crippen molar-refractivity contribution in [3.63, 3.8) is 0 Å². The van der Waals surface area contributed by atoms with Crippen molar-refractivity contribution in [2.75, 3.05) is 0 Å². The SMILES string of the molecule is C1=CCC(c2ccc3cc(-c4nc(-c5ccc6ccccc6c5)nc(-c5cc(-c6ccc7ccccc7c6)cc6oc7ccccc7c56)n4)ccc3c2)C=C1. The summed E-state index contributed by atoms with van der Waals surface area (Å²) in [5.74, 6) is 2.23. The Morgan fingerprint density at radius 3 is 1.75 bits per heavy atom. The van der Waals surface area contributed by atoms with Crippen molar-refractivity contribution in [2.45, 2.75) is 12.3 Å². The third-order valence-electron chi connectivity index (χ3n) is 11.0. The van der Waals surface area contributed by atoms with Gasteiger partial charge in [-0.25, -0.2) is 15.0 Å². The average Bonchev–Trinajstić information content (AvgIpc) is 3.64. The van der Waals surface area contributed by atoms with E-state index in [1.807, 2.05) is 12.1 Å². The van der Waals surface area contributed by atoms with E-state index in [-0.39, 0.29) is 0 Å². The Kier molecular flexibility index (Phi) is 7.27. The van der Waals surface area contributed by atoms with Gasteiger partial charge >= 0.3 is 0 Å². The molecule has 8 aromatic carbocycles. The second kappa shape index (κ2) is 12.8. The third-order valence-corrected chi connectivity index (χ3v) is 11.0. The number of rotatable bonds is 5. The van der Waals surface area contributed by atoms with E-state index in [4.69, 9.17) is 19.4 Å². The molecule has 1 aliphatic carbocycles. The number of nitrogens with zero attached hydrogens (tertiary/aromatic N) is 3. The molecule has 10 aromatic rings. The van der Waals surface area contributed by atoms with Gasteiger partial charge in [0, 0.05) is 33.4 Å². The molecule has 0 aliphatic heterocycles. The van der Waals surface area contributed by atoms with E-state index in [1.165, 1.54) is 27.1 Å². The quantitative estimate of drug-likeness (QED) is 0.179. The van der Waals surface area contributed by atoms with Crippen LogP contribution in [0, 0.1) is 0 Å². The minimum absolute atomic E-state index is 0.394. The number of hydrogen-bond donors (Lipinski definition) is 0. The molecule has 4 heteroatoms. The zero-order chi connectivity index (χ0) is 36.3. The molecular weight excluding hydrogens is 671 g/mol. The van der Waals surface area contributed by atoms with Crippen LogP contribution in [-0.2, 0) is 0 Å². The highest BCUT2D eigenvalue weighted by molar-refractivity contribution is 6.13. The third kappa shape index (κ3) is 5.58. The molecule has 0 bridgehead atoms. The number of aromatic nitrogens is 3. The van der Waals surface area contributed by atoms with Crippen LogP contribution in [0.25, 0.3) is 99.5 Å². The van der Waals surface area contributed by atoms with Crippen LogP contribution in [0.5, 0.6) is 0 Å². The fourth-order valence-corrected chi connectivity index (χ4v) is 8.11. The van der Waals surface area contributed by atoms with E-state index in [0.717, 1.165) is 66.9 Å². The number of allylic oxidation sites excluding steroid dienone is 4. The van der Waals surface area contributed by atoms with E-state index in [9.17, 15) is 0 Å². The monoisotopic (exact) mass is 703 g/mol. The summed E-state index contributed by atoms with van der Waals surface area (Å²) in [6.07, 6.45) is 9.81. The van der Waals surface area contributed by atoms with Crippen LogP contribution in [-0.4, -0.2) is 15.0 Å². The lowest BCUT2D eigenvalue weighted by atomic mass is 9.91. The van der Waals surface area contributed by atoms with E-state index >= 15 is 0 Å². The summed E-state index contributed by atoms with van der Waals surface area (Å²) in [5, 5.41) is 9.04. The van der Waals surface area contributed by atoms with Gasteiger partial charge in [0.2, 0.25) is 0 Å². The van der Waals surface area contributed by atoms with Crippen molar-refractivity contribution in [2.24, 2.45) is 0 Å². The van der Waals surface area contributed by atoms with Gasteiger partial charge in [-0.1, -0.05) is 146 Å². The molecule has 0 spiro atoms. The molecule has 0 saturated heterocycles. The summed E-state index contributed by atoms with van der Waals surface area (Å²) >= 11 is 0. The molecule has 0 saturated carbocycles. The first-order chi connectivity index (χ1) is 27.2. The van der Waals surface area contributed by atoms with Gasteiger partial charge < -0.3 is 4.42 Å². The number of hydrogen-bond acceptors (Lipinski definition) is 4. The second-order valence-electron chi connectivity index (χ2n) is 14.4. The molecular formula is C51H33N3O. The lowest BCUT2D eigenvalue weighted by molar-refractivity contribution is 0.669. The first kappa shape index (κ1) is 31.4. The molecule has 1 aliphatic rings. The van der Waals surface area contributed by atoms with Crippen LogP contribution < -0.4 is 0 Å². The van der Waals surface area contributed by atoms with E-state index < -0.39 is 0 Å². The predicted octanol–water partition coefficient (Wildman–Crippen LogP) is 13.5. The van der Waals surface area contributed by atoms with Crippen LogP contribution in [0.3, 0.4) is 0 Å². The average molecular weight is 704 g/mol. The van der Waals surface area contributed by atoms with Gasteiger partial charge in [0.15, 0.2) is 17.5 Å². The summed E-state index contributed by atoms with van der Waals surface area (Å²) in [4.78, 5) is 15.8. The number of para-hydroxylation sites is 1. The van der Waals surface area contributed by atoms with Gasteiger partial charge in [0.25, 0.3) is 0 Å². The topological polar surface area (TPSA) is 51.8 Å². The molecule has 2 heterocycles. The Bertz CT molecular complexity index is 3210. The first-order valence-corrected chi connectivity index (χ1v) is 18.8. The standard InChI is InChI=1S/C51H33N3O/c1-2-10-32(11-3-1)37-21-22-39-29-42(25-23-38(39)27-37)50-52-49(41-24-19-34-13-5-7-15-36(34)28-41)53-51(54-50)45-30-43(40-20-18-33-12-4-6-14-35(33)26-40)31-47-48(45)44-16-8-9-17-46(44)55-47/h1-10,12-32H,11H2. The number of fused-ring (bicyclic) bond motifs is 6. The van der Waals surface area contributed by atoms with Gasteiger partial charge in [-0.15, -0.1) is 0 Å². The molecule has 0 amide bonds.